The highest BCUT2D eigenvalue weighted by molar-refractivity contribution is 5.90. The molecular weight excluding hydrogens is 462 g/mol. The van der Waals surface area contributed by atoms with Gasteiger partial charge in [-0.05, 0) is 49.1 Å². The van der Waals surface area contributed by atoms with Crippen molar-refractivity contribution in [1.82, 2.24) is 10.2 Å². The lowest BCUT2D eigenvalue weighted by Gasteiger charge is -2.53. The second kappa shape index (κ2) is 8.27. The Bertz CT molecular complexity index is 1030. The van der Waals surface area contributed by atoms with E-state index < -0.39 is 40.5 Å². The van der Waals surface area contributed by atoms with Crippen LogP contribution in [0.15, 0.2) is 48.5 Å². The number of hydrogen-bond donors (Lipinski definition) is 1. The summed E-state index contributed by atoms with van der Waals surface area (Å²) in [5, 5.41) is 3.23. The summed E-state index contributed by atoms with van der Waals surface area (Å²) in [6.07, 6.45) is -10.1. The molecule has 4 nitrogen and oxygen atoms in total. The minimum absolute atomic E-state index is 0.0379. The molecule has 1 spiro atoms. The molecule has 0 bridgehead atoms. The van der Waals surface area contributed by atoms with E-state index in [4.69, 9.17) is 4.74 Å². The number of hydrogen-bond acceptors (Lipinski definition) is 3. The van der Waals surface area contributed by atoms with Gasteiger partial charge < -0.3 is 9.64 Å². The van der Waals surface area contributed by atoms with E-state index in [1.54, 1.807) is 11.9 Å². The van der Waals surface area contributed by atoms with Gasteiger partial charge in [0.05, 0.1) is 30.5 Å². The quantitative estimate of drug-likeness (QED) is 0.584. The predicted octanol–water partition coefficient (Wildman–Crippen LogP) is 5.29. The van der Waals surface area contributed by atoms with Crippen LogP contribution in [0.4, 0.5) is 26.3 Å². The molecule has 2 aromatic carbocycles. The van der Waals surface area contributed by atoms with E-state index in [2.05, 4.69) is 5.32 Å². The molecule has 4 rings (SSSR count). The first-order chi connectivity index (χ1) is 15.8. The van der Waals surface area contributed by atoms with E-state index in [1.807, 2.05) is 30.3 Å². The van der Waals surface area contributed by atoms with Crippen molar-refractivity contribution in [2.45, 2.75) is 49.2 Å². The lowest BCUT2D eigenvalue weighted by molar-refractivity contribution is -0.143. The van der Waals surface area contributed by atoms with Crippen LogP contribution >= 0.6 is 0 Å². The molecule has 1 saturated carbocycles. The Morgan fingerprint density at radius 2 is 1.56 bits per heavy atom. The van der Waals surface area contributed by atoms with E-state index in [0.717, 1.165) is 5.56 Å². The van der Waals surface area contributed by atoms with E-state index in [1.165, 1.54) is 6.92 Å². The SMILES string of the molecule is C[C@@H](OCC1(c2ccccc2)CC2(C1)NCN(C)C2=O)c1cc(C(F)(F)F)cc(C(F)(F)F)c1. The molecule has 1 aliphatic carbocycles. The fraction of sp³-hybridized carbons (Fsp3) is 0.458. The van der Waals surface area contributed by atoms with Gasteiger partial charge in [0.2, 0.25) is 5.91 Å². The van der Waals surface area contributed by atoms with Gasteiger partial charge in [0, 0.05) is 12.5 Å². The molecule has 1 N–H and O–H groups in total. The van der Waals surface area contributed by atoms with Gasteiger partial charge in [-0.25, -0.2) is 0 Å². The van der Waals surface area contributed by atoms with E-state index >= 15 is 0 Å². The average molecular weight is 486 g/mol. The number of carbonyl (C=O) groups is 1. The molecule has 1 amide bonds. The van der Waals surface area contributed by atoms with E-state index in [-0.39, 0.29) is 24.1 Å². The molecule has 0 radical (unpaired) electrons. The van der Waals surface area contributed by atoms with Crippen molar-refractivity contribution in [3.8, 4) is 0 Å². The van der Waals surface area contributed by atoms with Gasteiger partial charge in [0.25, 0.3) is 0 Å². The zero-order chi connectivity index (χ0) is 24.9. The molecule has 0 unspecified atom stereocenters. The van der Waals surface area contributed by atoms with Crippen molar-refractivity contribution < 1.29 is 35.9 Å². The topological polar surface area (TPSA) is 41.6 Å². The summed E-state index contributed by atoms with van der Waals surface area (Å²) in [5.41, 5.74) is -3.41. The number of alkyl halides is 6. The van der Waals surface area contributed by atoms with Gasteiger partial charge in [-0.1, -0.05) is 30.3 Å². The molecule has 2 fully saturated rings. The van der Waals surface area contributed by atoms with E-state index in [0.29, 0.717) is 31.6 Å². The number of amides is 1. The summed E-state index contributed by atoms with van der Waals surface area (Å²) >= 11 is 0. The maximum absolute atomic E-state index is 13.2. The first-order valence-corrected chi connectivity index (χ1v) is 10.7. The van der Waals surface area contributed by atoms with Crippen LogP contribution in [0.1, 0.15) is 48.1 Å². The van der Waals surface area contributed by atoms with Crippen LogP contribution in [0.2, 0.25) is 0 Å². The summed E-state index contributed by atoms with van der Waals surface area (Å²) in [4.78, 5) is 14.2. The Labute approximate surface area is 192 Å². The third-order valence-electron chi connectivity index (χ3n) is 6.77. The third-order valence-corrected chi connectivity index (χ3v) is 6.77. The second-order valence-corrected chi connectivity index (χ2v) is 9.21. The Kier molecular flexibility index (Phi) is 5.96. The van der Waals surface area contributed by atoms with Gasteiger partial charge in [-0.2, -0.15) is 26.3 Å². The largest absolute Gasteiger partial charge is 0.416 e. The number of halogens is 6. The summed E-state index contributed by atoms with van der Waals surface area (Å²) < 4.78 is 85.4. The molecule has 1 atom stereocenters. The Balaban J connectivity index is 1.59. The zero-order valence-electron chi connectivity index (χ0n) is 18.6. The highest BCUT2D eigenvalue weighted by Crippen LogP contribution is 2.53. The maximum Gasteiger partial charge on any atom is 0.416 e. The third kappa shape index (κ3) is 4.40. The molecule has 1 saturated heterocycles. The summed E-state index contributed by atoms with van der Waals surface area (Å²) in [7, 11) is 1.69. The zero-order valence-corrected chi connectivity index (χ0v) is 18.6. The highest BCUT2D eigenvalue weighted by atomic mass is 19.4. The maximum atomic E-state index is 13.2. The summed E-state index contributed by atoms with van der Waals surface area (Å²) in [6, 6.07) is 10.8. The van der Waals surface area contributed by atoms with Crippen molar-refractivity contribution in [2.24, 2.45) is 0 Å². The molecule has 34 heavy (non-hydrogen) atoms. The van der Waals surface area contributed by atoms with Gasteiger partial charge in [-0.3, -0.25) is 10.1 Å². The number of rotatable bonds is 5. The monoisotopic (exact) mass is 486 g/mol. The van der Waals surface area contributed by atoms with E-state index in [9.17, 15) is 31.1 Å². The molecule has 1 heterocycles. The second-order valence-electron chi connectivity index (χ2n) is 9.21. The van der Waals surface area contributed by atoms with Gasteiger partial charge in [0.15, 0.2) is 0 Å². The van der Waals surface area contributed by atoms with Crippen LogP contribution in [-0.4, -0.2) is 36.7 Å². The van der Waals surface area contributed by atoms with Crippen LogP contribution < -0.4 is 5.32 Å². The van der Waals surface area contributed by atoms with Gasteiger partial charge in [-0.15, -0.1) is 0 Å². The van der Waals surface area contributed by atoms with Crippen LogP contribution in [0.3, 0.4) is 0 Å². The standard InChI is InChI=1S/C24H24F6N2O2/c1-15(16-8-18(23(25,26)27)10-19(9-16)24(28,29)30)34-13-21(17-6-4-3-5-7-17)11-22(12-21)20(33)32(2)14-31-22/h3-10,15,31H,11-14H2,1-2H3/t15-,21?,22?/m1/s1. The fourth-order valence-corrected chi connectivity index (χ4v) is 4.94. The number of nitrogens with one attached hydrogen (secondary N) is 1. The summed E-state index contributed by atoms with van der Waals surface area (Å²) in [6.45, 7) is 1.87. The fourth-order valence-electron chi connectivity index (χ4n) is 4.94. The molecule has 1 aliphatic heterocycles. The molecule has 184 valence electrons. The first-order valence-electron chi connectivity index (χ1n) is 10.7. The highest BCUT2D eigenvalue weighted by Gasteiger charge is 2.62. The van der Waals surface area contributed by atoms with Crippen molar-refractivity contribution in [3.05, 3.63) is 70.8 Å². The lowest BCUT2D eigenvalue weighted by atomic mass is 9.54. The van der Waals surface area contributed by atoms with Crippen molar-refractivity contribution in [2.75, 3.05) is 20.3 Å². The van der Waals surface area contributed by atoms with Gasteiger partial charge >= 0.3 is 12.4 Å². The number of carbonyl (C=O) groups excluding carboxylic acids is 1. The molecule has 10 heteroatoms. The Morgan fingerprint density at radius 1 is 1.00 bits per heavy atom. The minimum Gasteiger partial charge on any atom is -0.373 e. The van der Waals surface area contributed by atoms with Crippen molar-refractivity contribution >= 4 is 5.91 Å². The van der Waals surface area contributed by atoms with Crippen LogP contribution in [-0.2, 0) is 27.3 Å². The first kappa shape index (κ1) is 24.5. The average Bonchev–Trinajstić information content (AvgIpc) is 3.04. The predicted molar refractivity (Wildman–Crippen MR) is 112 cm³/mol. The molecule has 2 aliphatic rings. The Hall–Kier alpha value is -2.59. The van der Waals surface area contributed by atoms with Gasteiger partial charge in [0.1, 0.15) is 5.54 Å². The Morgan fingerprint density at radius 3 is 2.03 bits per heavy atom. The normalized spacial score (nSPS) is 26.1. The molecule has 2 aromatic rings. The van der Waals surface area contributed by atoms with Crippen molar-refractivity contribution in [3.63, 3.8) is 0 Å². The molecule has 0 aromatic heterocycles. The lowest BCUT2D eigenvalue weighted by Crippen LogP contribution is -2.65. The molecular formula is C24H24F6N2O2. The smallest absolute Gasteiger partial charge is 0.373 e. The number of benzene rings is 2. The van der Waals surface area contributed by atoms with Crippen LogP contribution in [0, 0.1) is 0 Å². The summed E-state index contributed by atoms with van der Waals surface area (Å²) in [5.74, 6) is -0.0419. The van der Waals surface area contributed by atoms with Crippen LogP contribution in [0.25, 0.3) is 0 Å². The number of nitrogens with zero attached hydrogens (tertiary/aromatic N) is 1. The van der Waals surface area contributed by atoms with Crippen LogP contribution in [0.5, 0.6) is 0 Å². The number of ether oxygens (including phenoxy) is 1. The number of likely N-dealkylation sites (N-methyl/N-ethyl adjacent to an activating group) is 1. The van der Waals surface area contributed by atoms with Crippen molar-refractivity contribution in [1.29, 1.82) is 0 Å². The minimum atomic E-state index is -4.93.